The van der Waals surface area contributed by atoms with Gasteiger partial charge in [0.15, 0.2) is 12.4 Å². The van der Waals surface area contributed by atoms with Gasteiger partial charge in [-0.25, -0.2) is 0 Å². The lowest BCUT2D eigenvalue weighted by molar-refractivity contribution is -0.119. The zero-order valence-corrected chi connectivity index (χ0v) is 10.8. The predicted octanol–water partition coefficient (Wildman–Crippen LogP) is 0.835. The van der Waals surface area contributed by atoms with Gasteiger partial charge in [0.2, 0.25) is 0 Å². The van der Waals surface area contributed by atoms with E-state index in [-0.39, 0.29) is 12.5 Å². The molecule has 20 heavy (non-hydrogen) atoms. The first-order valence-corrected chi connectivity index (χ1v) is 5.89. The van der Waals surface area contributed by atoms with E-state index in [4.69, 9.17) is 10.5 Å². The monoisotopic (exact) mass is 274 g/mol. The molecular weight excluding hydrogens is 260 g/mol. The second-order valence-electron chi connectivity index (χ2n) is 4.17. The van der Waals surface area contributed by atoms with Crippen molar-refractivity contribution in [1.29, 1.82) is 0 Å². The number of carbonyl (C=O) groups is 2. The quantitative estimate of drug-likeness (QED) is 0.750. The third-order valence-corrected chi connectivity index (χ3v) is 2.45. The molecule has 0 fully saturated rings. The zero-order chi connectivity index (χ0) is 14.5. The molecule has 1 heterocycles. The van der Waals surface area contributed by atoms with E-state index in [1.165, 1.54) is 0 Å². The molecule has 0 aliphatic heterocycles. The number of aryl methyl sites for hydroxylation is 1. The molecule has 1 aromatic heterocycles. The van der Waals surface area contributed by atoms with Crippen LogP contribution in [0, 0.1) is 6.92 Å². The largest absolute Gasteiger partial charge is 0.484 e. The van der Waals surface area contributed by atoms with Crippen LogP contribution in [-0.2, 0) is 4.79 Å². The van der Waals surface area contributed by atoms with Crippen LogP contribution in [0.1, 0.15) is 16.1 Å². The van der Waals surface area contributed by atoms with Crippen molar-refractivity contribution in [3.63, 3.8) is 0 Å². The maximum Gasteiger partial charge on any atom is 0.256 e. The van der Waals surface area contributed by atoms with Gasteiger partial charge in [0.1, 0.15) is 5.75 Å². The minimum Gasteiger partial charge on any atom is -0.484 e. The number of primary amides is 1. The van der Waals surface area contributed by atoms with Crippen LogP contribution in [0.15, 0.2) is 30.3 Å². The Morgan fingerprint density at radius 3 is 2.60 bits per heavy atom. The number of carbonyl (C=O) groups excluding carboxylic acids is 2. The van der Waals surface area contributed by atoms with E-state index in [9.17, 15) is 9.59 Å². The van der Waals surface area contributed by atoms with E-state index >= 15 is 0 Å². The molecule has 0 saturated carbocycles. The number of anilines is 1. The first kappa shape index (κ1) is 13.6. The third-order valence-electron chi connectivity index (χ3n) is 2.45. The molecule has 0 saturated heterocycles. The molecule has 0 unspecified atom stereocenters. The lowest BCUT2D eigenvalue weighted by Gasteiger charge is -2.05. The fraction of sp³-hybridized carbons (Fsp3) is 0.154. The number of ether oxygens (including phenoxy) is 1. The molecule has 0 bridgehead atoms. The average molecular weight is 274 g/mol. The number of nitrogens with two attached hydrogens (primary N) is 1. The highest BCUT2D eigenvalue weighted by molar-refractivity contribution is 6.03. The van der Waals surface area contributed by atoms with Crippen molar-refractivity contribution in [2.75, 3.05) is 11.9 Å². The first-order chi connectivity index (χ1) is 9.54. The molecule has 0 aliphatic rings. The molecule has 2 amide bonds. The summed E-state index contributed by atoms with van der Waals surface area (Å²) in [6.45, 7) is 1.64. The molecular formula is C13H14N4O3. The normalized spacial score (nSPS) is 10.1. The van der Waals surface area contributed by atoms with Gasteiger partial charge >= 0.3 is 0 Å². The van der Waals surface area contributed by atoms with Gasteiger partial charge in [-0.15, -0.1) is 0 Å². The van der Waals surface area contributed by atoms with E-state index in [0.717, 1.165) is 5.69 Å². The summed E-state index contributed by atoms with van der Waals surface area (Å²) in [6, 6.07) is 8.08. The third kappa shape index (κ3) is 3.58. The van der Waals surface area contributed by atoms with Crippen molar-refractivity contribution >= 4 is 17.6 Å². The molecule has 0 spiro atoms. The minimum absolute atomic E-state index is 0.196. The molecule has 7 heteroatoms. The molecule has 1 aromatic carbocycles. The Morgan fingerprint density at radius 2 is 2.05 bits per heavy atom. The summed E-state index contributed by atoms with van der Waals surface area (Å²) in [6.07, 6.45) is 0. The van der Waals surface area contributed by atoms with Crippen LogP contribution in [0.3, 0.4) is 0 Å². The fourth-order valence-electron chi connectivity index (χ4n) is 1.53. The van der Waals surface area contributed by atoms with Crippen LogP contribution in [0.5, 0.6) is 5.75 Å². The Bertz CT molecular complexity index is 619. The van der Waals surface area contributed by atoms with E-state index in [0.29, 0.717) is 17.1 Å². The van der Waals surface area contributed by atoms with Crippen LogP contribution in [0.2, 0.25) is 0 Å². The zero-order valence-electron chi connectivity index (χ0n) is 10.8. The summed E-state index contributed by atoms with van der Waals surface area (Å²) in [7, 11) is 0. The van der Waals surface area contributed by atoms with Gasteiger partial charge in [0, 0.05) is 17.3 Å². The minimum atomic E-state index is -0.555. The van der Waals surface area contributed by atoms with Gasteiger partial charge in [-0.05, 0) is 31.2 Å². The molecule has 104 valence electrons. The number of aromatic nitrogens is 2. The van der Waals surface area contributed by atoms with E-state index in [2.05, 4.69) is 15.5 Å². The molecule has 4 N–H and O–H groups in total. The Balaban J connectivity index is 1.98. The Kier molecular flexibility index (Phi) is 3.99. The van der Waals surface area contributed by atoms with E-state index < -0.39 is 5.91 Å². The first-order valence-electron chi connectivity index (χ1n) is 5.89. The number of nitrogens with one attached hydrogen (secondary N) is 2. The SMILES string of the molecule is Cc1cc(NC(=O)c2ccc(OCC(N)=O)cc2)n[nH]1. The number of amides is 2. The number of hydrogen-bond acceptors (Lipinski definition) is 4. The van der Waals surface area contributed by atoms with Gasteiger partial charge in [-0.3, -0.25) is 14.7 Å². The van der Waals surface area contributed by atoms with Gasteiger partial charge in [-0.2, -0.15) is 5.10 Å². The summed E-state index contributed by atoms with van der Waals surface area (Å²) >= 11 is 0. The predicted molar refractivity (Wildman–Crippen MR) is 72.4 cm³/mol. The second-order valence-corrected chi connectivity index (χ2v) is 4.17. The van der Waals surface area contributed by atoms with Crippen molar-refractivity contribution in [3.8, 4) is 5.75 Å². The summed E-state index contributed by atoms with van der Waals surface area (Å²) < 4.78 is 5.10. The molecule has 2 rings (SSSR count). The number of nitrogens with zero attached hydrogens (tertiary/aromatic N) is 1. The highest BCUT2D eigenvalue weighted by atomic mass is 16.5. The Labute approximate surface area is 115 Å². The van der Waals surface area contributed by atoms with Gasteiger partial charge in [0.25, 0.3) is 11.8 Å². The van der Waals surface area contributed by atoms with Gasteiger partial charge in [-0.1, -0.05) is 0 Å². The molecule has 0 atom stereocenters. The number of benzene rings is 1. The molecule has 0 radical (unpaired) electrons. The number of aromatic amines is 1. The van der Waals surface area contributed by atoms with Crippen LogP contribution in [-0.4, -0.2) is 28.6 Å². The van der Waals surface area contributed by atoms with Crippen LogP contribution in [0.25, 0.3) is 0 Å². The lowest BCUT2D eigenvalue weighted by Crippen LogP contribution is -2.20. The highest BCUT2D eigenvalue weighted by Crippen LogP contribution is 2.13. The van der Waals surface area contributed by atoms with Crippen LogP contribution < -0.4 is 15.8 Å². The molecule has 2 aromatic rings. The standard InChI is InChI=1S/C13H14N4O3/c1-8-6-12(17-16-8)15-13(19)9-2-4-10(5-3-9)20-7-11(14)18/h2-6H,7H2,1H3,(H2,14,18)(H2,15,16,17,19). The van der Waals surface area contributed by atoms with Crippen molar-refractivity contribution in [1.82, 2.24) is 10.2 Å². The topological polar surface area (TPSA) is 110 Å². The number of H-pyrrole nitrogens is 1. The highest BCUT2D eigenvalue weighted by Gasteiger charge is 2.08. The van der Waals surface area contributed by atoms with Crippen LogP contribution >= 0.6 is 0 Å². The smallest absolute Gasteiger partial charge is 0.256 e. The summed E-state index contributed by atoms with van der Waals surface area (Å²) in [5.74, 6) is 0.0937. The van der Waals surface area contributed by atoms with Gasteiger partial charge in [0.05, 0.1) is 0 Å². The lowest BCUT2D eigenvalue weighted by atomic mass is 10.2. The van der Waals surface area contributed by atoms with Crippen molar-refractivity contribution in [2.45, 2.75) is 6.92 Å². The van der Waals surface area contributed by atoms with E-state index in [1.54, 1.807) is 30.3 Å². The van der Waals surface area contributed by atoms with Gasteiger partial charge < -0.3 is 15.8 Å². The summed E-state index contributed by atoms with van der Waals surface area (Å²) in [5.41, 5.74) is 6.28. The summed E-state index contributed by atoms with van der Waals surface area (Å²) in [5, 5.41) is 9.30. The fourth-order valence-corrected chi connectivity index (χ4v) is 1.53. The van der Waals surface area contributed by atoms with E-state index in [1.807, 2.05) is 6.92 Å². The van der Waals surface area contributed by atoms with Crippen molar-refractivity contribution in [3.05, 3.63) is 41.6 Å². The van der Waals surface area contributed by atoms with Crippen LogP contribution in [0.4, 0.5) is 5.82 Å². The number of rotatable bonds is 5. The Hall–Kier alpha value is -2.83. The Morgan fingerprint density at radius 1 is 1.35 bits per heavy atom. The number of hydrogen-bond donors (Lipinski definition) is 3. The van der Waals surface area contributed by atoms with Crippen molar-refractivity contribution in [2.24, 2.45) is 5.73 Å². The maximum atomic E-state index is 11.9. The second kappa shape index (κ2) is 5.87. The van der Waals surface area contributed by atoms with Crippen molar-refractivity contribution < 1.29 is 14.3 Å². The molecule has 0 aliphatic carbocycles. The average Bonchev–Trinajstić information content (AvgIpc) is 2.82. The summed E-state index contributed by atoms with van der Waals surface area (Å²) in [4.78, 5) is 22.5. The molecule has 7 nitrogen and oxygen atoms in total. The maximum absolute atomic E-state index is 11.9.